The first-order valence-electron chi connectivity index (χ1n) is 6.95. The Labute approximate surface area is 105 Å². The third kappa shape index (κ3) is 3.79. The standard InChI is InChI=1S/C15H24N2/c1-15(2)9-5-3-7-13-11-16-12-17-14(13)8-4-6-10-15/h11-12H,3-10H2,1-2H3. The number of aromatic nitrogens is 2. The highest BCUT2D eigenvalue weighted by Gasteiger charge is 2.18. The van der Waals surface area contributed by atoms with Crippen molar-refractivity contribution in [2.24, 2.45) is 5.41 Å². The van der Waals surface area contributed by atoms with E-state index in [1.807, 2.05) is 6.20 Å². The van der Waals surface area contributed by atoms with E-state index in [2.05, 4.69) is 23.8 Å². The highest BCUT2D eigenvalue weighted by Crippen LogP contribution is 2.31. The van der Waals surface area contributed by atoms with Gasteiger partial charge >= 0.3 is 0 Å². The smallest absolute Gasteiger partial charge is 0.115 e. The van der Waals surface area contributed by atoms with Crippen LogP contribution < -0.4 is 0 Å². The van der Waals surface area contributed by atoms with Crippen molar-refractivity contribution in [3.05, 3.63) is 23.8 Å². The first kappa shape index (κ1) is 12.5. The molecule has 0 saturated heterocycles. The van der Waals surface area contributed by atoms with Gasteiger partial charge in [-0.1, -0.05) is 26.7 Å². The van der Waals surface area contributed by atoms with Crippen LogP contribution in [0.5, 0.6) is 0 Å². The van der Waals surface area contributed by atoms with Crippen LogP contribution >= 0.6 is 0 Å². The molecule has 0 aromatic carbocycles. The Balaban J connectivity index is 2.05. The number of hydrogen-bond donors (Lipinski definition) is 0. The normalized spacial score (nSPS) is 21.3. The van der Waals surface area contributed by atoms with Gasteiger partial charge in [0.2, 0.25) is 0 Å². The Morgan fingerprint density at radius 2 is 1.71 bits per heavy atom. The third-order valence-electron chi connectivity index (χ3n) is 3.95. The second-order valence-corrected chi connectivity index (χ2v) is 6.07. The van der Waals surface area contributed by atoms with Crippen LogP contribution in [0.15, 0.2) is 12.5 Å². The van der Waals surface area contributed by atoms with E-state index < -0.39 is 0 Å². The molecule has 2 nitrogen and oxygen atoms in total. The van der Waals surface area contributed by atoms with Gasteiger partial charge in [-0.15, -0.1) is 0 Å². The molecule has 1 heterocycles. The molecule has 0 bridgehead atoms. The number of aryl methyl sites for hydroxylation is 2. The third-order valence-corrected chi connectivity index (χ3v) is 3.95. The average molecular weight is 232 g/mol. The Kier molecular flexibility index (Phi) is 4.14. The fourth-order valence-electron chi connectivity index (χ4n) is 2.76. The lowest BCUT2D eigenvalue weighted by molar-refractivity contribution is 0.286. The summed E-state index contributed by atoms with van der Waals surface area (Å²) in [6.45, 7) is 4.83. The molecule has 0 N–H and O–H groups in total. The van der Waals surface area contributed by atoms with Gasteiger partial charge in [-0.05, 0) is 49.5 Å². The summed E-state index contributed by atoms with van der Waals surface area (Å²) < 4.78 is 0. The second kappa shape index (κ2) is 5.61. The van der Waals surface area contributed by atoms with Crippen LogP contribution in [0.2, 0.25) is 0 Å². The van der Waals surface area contributed by atoms with Crippen molar-refractivity contribution in [1.82, 2.24) is 9.97 Å². The molecular weight excluding hydrogens is 208 g/mol. The molecule has 0 amide bonds. The van der Waals surface area contributed by atoms with Gasteiger partial charge in [0, 0.05) is 11.9 Å². The van der Waals surface area contributed by atoms with E-state index in [4.69, 9.17) is 0 Å². The van der Waals surface area contributed by atoms with Crippen molar-refractivity contribution >= 4 is 0 Å². The maximum atomic E-state index is 4.45. The van der Waals surface area contributed by atoms with E-state index >= 15 is 0 Å². The van der Waals surface area contributed by atoms with E-state index in [1.54, 1.807) is 6.33 Å². The van der Waals surface area contributed by atoms with Gasteiger partial charge in [0.25, 0.3) is 0 Å². The van der Waals surface area contributed by atoms with Crippen LogP contribution in [0, 0.1) is 5.41 Å². The predicted octanol–water partition coefficient (Wildman–Crippen LogP) is 3.94. The van der Waals surface area contributed by atoms with Crippen LogP contribution in [0.4, 0.5) is 0 Å². The minimum absolute atomic E-state index is 0.530. The zero-order chi connectivity index (χ0) is 12.1. The molecule has 0 saturated carbocycles. The Bertz CT molecular complexity index is 325. The van der Waals surface area contributed by atoms with Gasteiger partial charge in [0.15, 0.2) is 0 Å². The minimum atomic E-state index is 0.530. The highest BCUT2D eigenvalue weighted by molar-refractivity contribution is 5.16. The van der Waals surface area contributed by atoms with Crippen molar-refractivity contribution < 1.29 is 0 Å². The molecule has 94 valence electrons. The zero-order valence-electron chi connectivity index (χ0n) is 11.2. The van der Waals surface area contributed by atoms with E-state index in [0.29, 0.717) is 5.41 Å². The predicted molar refractivity (Wildman–Crippen MR) is 70.9 cm³/mol. The van der Waals surface area contributed by atoms with Gasteiger partial charge in [0.05, 0.1) is 0 Å². The fraction of sp³-hybridized carbons (Fsp3) is 0.733. The quantitative estimate of drug-likeness (QED) is 0.677. The van der Waals surface area contributed by atoms with E-state index in [-0.39, 0.29) is 0 Å². The number of fused-ring (bicyclic) bond motifs is 1. The molecule has 1 aromatic rings. The van der Waals surface area contributed by atoms with E-state index in [1.165, 1.54) is 49.8 Å². The summed E-state index contributed by atoms with van der Waals surface area (Å²) in [6.07, 6.45) is 13.9. The van der Waals surface area contributed by atoms with Gasteiger partial charge in [-0.25, -0.2) is 9.97 Å². The lowest BCUT2D eigenvalue weighted by Gasteiger charge is -2.24. The molecule has 1 aromatic heterocycles. The van der Waals surface area contributed by atoms with Crippen LogP contribution in [0.3, 0.4) is 0 Å². The molecule has 2 rings (SSSR count). The molecule has 0 atom stereocenters. The van der Waals surface area contributed by atoms with Gasteiger partial charge in [-0.2, -0.15) is 0 Å². The first-order chi connectivity index (χ1) is 8.17. The SMILES string of the molecule is CC1(C)CCCCc2cncnc2CCCC1. The monoisotopic (exact) mass is 232 g/mol. The summed E-state index contributed by atoms with van der Waals surface area (Å²) in [5.41, 5.74) is 3.20. The van der Waals surface area contributed by atoms with Gasteiger partial charge < -0.3 is 0 Å². The molecule has 0 radical (unpaired) electrons. The van der Waals surface area contributed by atoms with E-state index in [0.717, 1.165) is 12.8 Å². The van der Waals surface area contributed by atoms with Crippen LogP contribution in [0.1, 0.15) is 63.6 Å². The fourth-order valence-corrected chi connectivity index (χ4v) is 2.76. The molecule has 0 unspecified atom stereocenters. The molecule has 17 heavy (non-hydrogen) atoms. The largest absolute Gasteiger partial charge is 0.245 e. The summed E-state index contributed by atoms with van der Waals surface area (Å²) in [6, 6.07) is 0. The lowest BCUT2D eigenvalue weighted by Crippen LogP contribution is -2.10. The lowest BCUT2D eigenvalue weighted by atomic mass is 9.82. The summed E-state index contributed by atoms with van der Waals surface area (Å²) in [5.74, 6) is 0. The summed E-state index contributed by atoms with van der Waals surface area (Å²) >= 11 is 0. The Morgan fingerprint density at radius 3 is 2.47 bits per heavy atom. The highest BCUT2D eigenvalue weighted by atomic mass is 14.8. The van der Waals surface area contributed by atoms with Crippen LogP contribution in [0.25, 0.3) is 0 Å². The molecule has 1 aliphatic rings. The van der Waals surface area contributed by atoms with Crippen molar-refractivity contribution in [2.45, 2.75) is 65.2 Å². The van der Waals surface area contributed by atoms with Gasteiger partial charge in [-0.3, -0.25) is 0 Å². The van der Waals surface area contributed by atoms with Gasteiger partial charge in [0.1, 0.15) is 6.33 Å². The number of rotatable bonds is 0. The number of nitrogens with zero attached hydrogens (tertiary/aromatic N) is 2. The van der Waals surface area contributed by atoms with Crippen molar-refractivity contribution in [3.8, 4) is 0 Å². The van der Waals surface area contributed by atoms with Crippen LogP contribution in [-0.4, -0.2) is 9.97 Å². The molecule has 0 fully saturated rings. The first-order valence-corrected chi connectivity index (χ1v) is 6.95. The maximum absolute atomic E-state index is 4.45. The molecular formula is C15H24N2. The van der Waals surface area contributed by atoms with Crippen molar-refractivity contribution in [3.63, 3.8) is 0 Å². The maximum Gasteiger partial charge on any atom is 0.115 e. The van der Waals surface area contributed by atoms with Crippen molar-refractivity contribution in [1.29, 1.82) is 0 Å². The van der Waals surface area contributed by atoms with Crippen molar-refractivity contribution in [2.75, 3.05) is 0 Å². The minimum Gasteiger partial charge on any atom is -0.245 e. The topological polar surface area (TPSA) is 25.8 Å². The van der Waals surface area contributed by atoms with E-state index in [9.17, 15) is 0 Å². The Morgan fingerprint density at radius 1 is 1.00 bits per heavy atom. The summed E-state index contributed by atoms with van der Waals surface area (Å²) in [7, 11) is 0. The second-order valence-electron chi connectivity index (χ2n) is 6.07. The molecule has 0 aliphatic heterocycles. The molecule has 0 spiro atoms. The average Bonchev–Trinajstić information content (AvgIpc) is 2.34. The molecule has 1 aliphatic carbocycles. The summed E-state index contributed by atoms with van der Waals surface area (Å²) in [5, 5.41) is 0. The van der Waals surface area contributed by atoms with Crippen LogP contribution in [-0.2, 0) is 12.8 Å². The molecule has 2 heteroatoms. The Hall–Kier alpha value is -0.920. The zero-order valence-corrected chi connectivity index (χ0v) is 11.2. The summed E-state index contributed by atoms with van der Waals surface area (Å²) in [4.78, 5) is 8.61. The number of hydrogen-bond acceptors (Lipinski definition) is 2.